The second kappa shape index (κ2) is 5.05. The highest BCUT2D eigenvalue weighted by atomic mass is 16.2. The molecule has 4 nitrogen and oxygen atoms in total. The molecule has 1 spiro atoms. The quantitative estimate of drug-likeness (QED) is 0.809. The summed E-state index contributed by atoms with van der Waals surface area (Å²) in [5.74, 6) is 0.796. The average Bonchev–Trinajstić information content (AvgIpc) is 2.47. The van der Waals surface area contributed by atoms with Crippen LogP contribution in [0, 0.1) is 11.3 Å². The van der Waals surface area contributed by atoms with Crippen molar-refractivity contribution in [2.75, 3.05) is 13.1 Å². The SMILES string of the molecule is CC(C)N1C[C@@H]2CCC[C@@]3(C1)C(=O)NC1(CCCCC1)N=C23. The van der Waals surface area contributed by atoms with Gasteiger partial charge in [-0.3, -0.25) is 14.7 Å². The van der Waals surface area contributed by atoms with Crippen LogP contribution >= 0.6 is 0 Å². The van der Waals surface area contributed by atoms with Crippen LogP contribution < -0.4 is 5.32 Å². The van der Waals surface area contributed by atoms with Gasteiger partial charge < -0.3 is 5.32 Å². The van der Waals surface area contributed by atoms with Crippen LogP contribution in [-0.4, -0.2) is 41.3 Å². The van der Waals surface area contributed by atoms with Crippen LogP contribution in [0.4, 0.5) is 0 Å². The molecule has 2 saturated carbocycles. The highest BCUT2D eigenvalue weighted by Crippen LogP contribution is 2.47. The van der Waals surface area contributed by atoms with Crippen LogP contribution in [0.3, 0.4) is 0 Å². The molecule has 4 heteroatoms. The molecular formula is C18H29N3O. The summed E-state index contributed by atoms with van der Waals surface area (Å²) in [5, 5.41) is 3.38. The van der Waals surface area contributed by atoms with Crippen molar-refractivity contribution in [2.24, 2.45) is 16.3 Å². The Morgan fingerprint density at radius 1 is 1.18 bits per heavy atom. The highest BCUT2D eigenvalue weighted by Gasteiger charge is 2.57. The summed E-state index contributed by atoms with van der Waals surface area (Å²) < 4.78 is 0. The van der Waals surface area contributed by atoms with E-state index in [1.807, 2.05) is 0 Å². The molecule has 0 aromatic heterocycles. The first-order chi connectivity index (χ1) is 10.5. The lowest BCUT2D eigenvalue weighted by atomic mass is 9.62. The van der Waals surface area contributed by atoms with Crippen LogP contribution in [0.1, 0.15) is 65.2 Å². The fraction of sp³-hybridized carbons (Fsp3) is 0.889. The van der Waals surface area contributed by atoms with Gasteiger partial charge in [0, 0.05) is 30.8 Å². The van der Waals surface area contributed by atoms with E-state index in [1.54, 1.807) is 0 Å². The summed E-state index contributed by atoms with van der Waals surface area (Å²) in [6, 6.07) is 0.511. The largest absolute Gasteiger partial charge is 0.331 e. The van der Waals surface area contributed by atoms with Crippen LogP contribution in [0.15, 0.2) is 4.99 Å². The van der Waals surface area contributed by atoms with E-state index in [0.717, 1.165) is 32.4 Å². The van der Waals surface area contributed by atoms with Crippen molar-refractivity contribution in [1.82, 2.24) is 10.2 Å². The smallest absolute Gasteiger partial charge is 0.235 e. The highest BCUT2D eigenvalue weighted by molar-refractivity contribution is 6.12. The van der Waals surface area contributed by atoms with Crippen LogP contribution in [0.25, 0.3) is 0 Å². The van der Waals surface area contributed by atoms with Gasteiger partial charge in [-0.1, -0.05) is 12.8 Å². The Kier molecular flexibility index (Phi) is 3.37. The second-order valence-corrected chi connectivity index (χ2v) is 8.24. The molecule has 1 saturated heterocycles. The van der Waals surface area contributed by atoms with Crippen molar-refractivity contribution in [2.45, 2.75) is 76.9 Å². The molecule has 4 aliphatic rings. The molecule has 2 aliphatic carbocycles. The Labute approximate surface area is 133 Å². The summed E-state index contributed by atoms with van der Waals surface area (Å²) in [6.45, 7) is 6.47. The molecule has 2 bridgehead atoms. The maximum atomic E-state index is 13.2. The van der Waals surface area contributed by atoms with Crippen molar-refractivity contribution in [3.8, 4) is 0 Å². The van der Waals surface area contributed by atoms with Gasteiger partial charge in [0.2, 0.25) is 5.91 Å². The van der Waals surface area contributed by atoms with E-state index in [0.29, 0.717) is 12.0 Å². The van der Waals surface area contributed by atoms with Gasteiger partial charge in [0.05, 0.1) is 5.41 Å². The first kappa shape index (κ1) is 14.7. The van der Waals surface area contributed by atoms with Gasteiger partial charge in [0.1, 0.15) is 5.66 Å². The Morgan fingerprint density at radius 2 is 1.95 bits per heavy atom. The minimum absolute atomic E-state index is 0.246. The van der Waals surface area contributed by atoms with Crippen molar-refractivity contribution < 1.29 is 4.79 Å². The predicted molar refractivity (Wildman–Crippen MR) is 87.9 cm³/mol. The van der Waals surface area contributed by atoms with Crippen LogP contribution in [0.2, 0.25) is 0 Å². The number of carbonyl (C=O) groups is 1. The van der Waals surface area contributed by atoms with Gasteiger partial charge in [0.25, 0.3) is 0 Å². The van der Waals surface area contributed by atoms with E-state index in [1.165, 1.54) is 37.8 Å². The lowest BCUT2D eigenvalue weighted by molar-refractivity contribution is -0.134. The topological polar surface area (TPSA) is 44.7 Å². The monoisotopic (exact) mass is 303 g/mol. The van der Waals surface area contributed by atoms with Crippen molar-refractivity contribution >= 4 is 11.6 Å². The molecule has 2 atom stereocenters. The molecule has 122 valence electrons. The molecule has 0 aromatic carbocycles. The summed E-state index contributed by atoms with van der Waals surface area (Å²) in [4.78, 5) is 21.0. The molecule has 2 aliphatic heterocycles. The number of aliphatic imine (C=N–C) groups is 1. The lowest BCUT2D eigenvalue weighted by Crippen LogP contribution is -2.69. The molecule has 0 aromatic rings. The number of nitrogens with one attached hydrogen (secondary N) is 1. The average molecular weight is 303 g/mol. The van der Waals surface area contributed by atoms with Crippen LogP contribution in [0.5, 0.6) is 0 Å². The van der Waals surface area contributed by atoms with Gasteiger partial charge in [-0.15, -0.1) is 0 Å². The zero-order chi connectivity index (χ0) is 15.4. The van der Waals surface area contributed by atoms with Crippen molar-refractivity contribution in [1.29, 1.82) is 0 Å². The van der Waals surface area contributed by atoms with E-state index in [-0.39, 0.29) is 17.0 Å². The maximum absolute atomic E-state index is 13.2. The predicted octanol–water partition coefficient (Wildman–Crippen LogP) is 2.73. The number of nitrogens with zero attached hydrogens (tertiary/aromatic N) is 2. The first-order valence-corrected chi connectivity index (χ1v) is 9.22. The van der Waals surface area contributed by atoms with Gasteiger partial charge in [-0.05, 0) is 52.4 Å². The van der Waals surface area contributed by atoms with E-state index < -0.39 is 0 Å². The standard InChI is InChI=1S/C18H29N3O/c1-13(2)21-11-14-7-6-8-17(12-21)15(14)19-18(20-16(17)22)9-4-3-5-10-18/h13-14H,3-12H2,1-2H3,(H,20,22)/t14-,17-/m0/s1. The number of carbonyl (C=O) groups excluding carboxylic acids is 1. The summed E-state index contributed by atoms with van der Waals surface area (Å²) in [5.41, 5.74) is 0.721. The molecule has 1 N–H and O–H groups in total. The lowest BCUT2D eigenvalue weighted by Gasteiger charge is -2.55. The Morgan fingerprint density at radius 3 is 2.68 bits per heavy atom. The Hall–Kier alpha value is -0.900. The van der Waals surface area contributed by atoms with E-state index in [9.17, 15) is 4.79 Å². The normalized spacial score (nSPS) is 37.7. The minimum atomic E-state index is -0.311. The van der Waals surface area contributed by atoms with Crippen LogP contribution in [-0.2, 0) is 4.79 Å². The molecule has 3 fully saturated rings. The van der Waals surface area contributed by atoms with Crippen molar-refractivity contribution in [3.63, 3.8) is 0 Å². The van der Waals surface area contributed by atoms with Crippen molar-refractivity contribution in [3.05, 3.63) is 0 Å². The Balaban J connectivity index is 1.74. The van der Waals surface area contributed by atoms with Gasteiger partial charge >= 0.3 is 0 Å². The fourth-order valence-electron chi connectivity index (χ4n) is 5.19. The third-order valence-corrected chi connectivity index (χ3v) is 6.49. The zero-order valence-corrected chi connectivity index (χ0v) is 14.0. The molecule has 4 rings (SSSR count). The first-order valence-electron chi connectivity index (χ1n) is 9.22. The summed E-state index contributed by atoms with van der Waals surface area (Å²) >= 11 is 0. The summed E-state index contributed by atoms with van der Waals surface area (Å²) in [7, 11) is 0. The zero-order valence-electron chi connectivity index (χ0n) is 14.0. The number of hydrogen-bond donors (Lipinski definition) is 1. The van der Waals surface area contributed by atoms with Gasteiger partial charge in [-0.25, -0.2) is 0 Å². The molecular weight excluding hydrogens is 274 g/mol. The molecule has 0 unspecified atom stereocenters. The number of piperidine rings is 1. The molecule has 22 heavy (non-hydrogen) atoms. The number of rotatable bonds is 1. The molecule has 0 radical (unpaired) electrons. The van der Waals surface area contributed by atoms with Gasteiger partial charge in [0.15, 0.2) is 0 Å². The van der Waals surface area contributed by atoms with E-state index in [2.05, 4.69) is 24.1 Å². The van der Waals surface area contributed by atoms with Gasteiger partial charge in [-0.2, -0.15) is 0 Å². The maximum Gasteiger partial charge on any atom is 0.235 e. The summed E-state index contributed by atoms with van der Waals surface area (Å²) in [6.07, 6.45) is 9.16. The van der Waals surface area contributed by atoms with E-state index in [4.69, 9.17) is 4.99 Å². The number of hydrogen-bond acceptors (Lipinski definition) is 3. The third kappa shape index (κ3) is 2.06. The third-order valence-electron chi connectivity index (χ3n) is 6.49. The second-order valence-electron chi connectivity index (χ2n) is 8.24. The molecule has 1 amide bonds. The fourth-order valence-corrected chi connectivity index (χ4v) is 5.19. The number of likely N-dealkylation sites (tertiary alicyclic amines) is 1. The Bertz CT molecular complexity index is 506. The number of amides is 1. The van der Waals surface area contributed by atoms with E-state index >= 15 is 0 Å². The molecule has 2 heterocycles. The minimum Gasteiger partial charge on any atom is -0.331 e.